The lowest BCUT2D eigenvalue weighted by atomic mass is 9.97. The van der Waals surface area contributed by atoms with Crippen LogP contribution in [-0.2, 0) is 0 Å². The Labute approximate surface area is 148 Å². The van der Waals surface area contributed by atoms with Crippen LogP contribution >= 0.6 is 22.7 Å². The maximum Gasteiger partial charge on any atom is 0.345 e. The number of aromatic carboxylic acids is 1. The number of nitrogens with two attached hydrogens (primary N) is 1. The van der Waals surface area contributed by atoms with Crippen molar-refractivity contribution in [2.45, 2.75) is 33.1 Å². The molecule has 6 heteroatoms. The van der Waals surface area contributed by atoms with E-state index in [1.807, 2.05) is 19.9 Å². The average Bonchev–Trinajstić information content (AvgIpc) is 3.23. The molecule has 0 aromatic carbocycles. The molecular weight excluding hydrogens is 342 g/mol. The maximum atomic E-state index is 11.9. The van der Waals surface area contributed by atoms with Gasteiger partial charge in [0.15, 0.2) is 5.78 Å². The lowest BCUT2D eigenvalue weighted by Crippen LogP contribution is -2.11. The summed E-state index contributed by atoms with van der Waals surface area (Å²) >= 11 is 2.81. The van der Waals surface area contributed by atoms with E-state index in [9.17, 15) is 14.7 Å². The number of ketones is 1. The van der Waals surface area contributed by atoms with E-state index >= 15 is 0 Å². The smallest absolute Gasteiger partial charge is 0.345 e. The highest BCUT2D eigenvalue weighted by Gasteiger charge is 2.24. The molecule has 0 saturated heterocycles. The number of carboxylic acids is 1. The molecule has 2 heterocycles. The number of rotatable bonds is 5. The number of carboxylic acid groups (broad SMARTS) is 1. The second-order valence-electron chi connectivity index (χ2n) is 5.90. The fourth-order valence-corrected chi connectivity index (χ4v) is 5.13. The molecule has 0 radical (unpaired) electrons. The summed E-state index contributed by atoms with van der Waals surface area (Å²) in [5, 5.41) is 9.23. The van der Waals surface area contributed by atoms with Gasteiger partial charge in [0, 0.05) is 9.75 Å². The molecule has 0 fully saturated rings. The molecule has 3 N–H and O–H groups in total. The van der Waals surface area contributed by atoms with E-state index in [1.165, 1.54) is 33.8 Å². The van der Waals surface area contributed by atoms with Crippen molar-refractivity contribution >= 4 is 45.6 Å². The standard InChI is InChI=1S/C18H19NO3S2/c1-9-13(6-16(23-9)15(20)8-19)11-4-3-5-12(11)14-7-17(18(21)22)24-10(14)2/h6-7H,3-5,8,19H2,1-2H3,(H,21,22). The lowest BCUT2D eigenvalue weighted by molar-refractivity contribution is 0.0702. The predicted molar refractivity (Wildman–Crippen MR) is 99.1 cm³/mol. The molecule has 0 saturated carbocycles. The molecule has 0 bridgehead atoms. The third kappa shape index (κ3) is 2.97. The zero-order valence-corrected chi connectivity index (χ0v) is 15.3. The van der Waals surface area contributed by atoms with Gasteiger partial charge in [-0.15, -0.1) is 22.7 Å². The number of carbonyl (C=O) groups is 2. The second-order valence-corrected chi connectivity index (χ2v) is 8.42. The van der Waals surface area contributed by atoms with E-state index in [4.69, 9.17) is 5.73 Å². The molecule has 1 aliphatic carbocycles. The molecule has 4 nitrogen and oxygen atoms in total. The van der Waals surface area contributed by atoms with Crippen LogP contribution in [0.15, 0.2) is 12.1 Å². The van der Waals surface area contributed by atoms with Crippen molar-refractivity contribution in [2.24, 2.45) is 5.73 Å². The SMILES string of the molecule is Cc1sc(C(=O)O)cc1C1=C(c2cc(C(=O)CN)sc2C)CCC1. The second kappa shape index (κ2) is 6.63. The number of hydrogen-bond acceptors (Lipinski definition) is 5. The van der Waals surface area contributed by atoms with E-state index in [1.54, 1.807) is 6.07 Å². The first-order valence-corrected chi connectivity index (χ1v) is 9.45. The molecule has 1 aliphatic rings. The van der Waals surface area contributed by atoms with Crippen LogP contribution in [0, 0.1) is 13.8 Å². The van der Waals surface area contributed by atoms with Gasteiger partial charge in [0.2, 0.25) is 0 Å². The van der Waals surface area contributed by atoms with Crippen molar-refractivity contribution in [2.75, 3.05) is 6.54 Å². The number of aryl methyl sites for hydroxylation is 2. The molecule has 0 amide bonds. The molecule has 0 spiro atoms. The molecule has 24 heavy (non-hydrogen) atoms. The Morgan fingerprint density at radius 3 is 2.00 bits per heavy atom. The highest BCUT2D eigenvalue weighted by Crippen LogP contribution is 2.44. The van der Waals surface area contributed by atoms with E-state index in [0.717, 1.165) is 40.1 Å². The van der Waals surface area contributed by atoms with Gasteiger partial charge in [-0.3, -0.25) is 4.79 Å². The first-order chi connectivity index (χ1) is 11.4. The van der Waals surface area contributed by atoms with Gasteiger partial charge in [0.05, 0.1) is 11.4 Å². The molecule has 0 aliphatic heterocycles. The average molecular weight is 361 g/mol. The molecule has 126 valence electrons. The summed E-state index contributed by atoms with van der Waals surface area (Å²) in [5.41, 5.74) is 10.1. The number of allylic oxidation sites excluding steroid dienone is 2. The minimum atomic E-state index is -0.878. The zero-order chi connectivity index (χ0) is 17.4. The van der Waals surface area contributed by atoms with Crippen molar-refractivity contribution < 1.29 is 14.7 Å². The molecule has 3 rings (SSSR count). The lowest BCUT2D eigenvalue weighted by Gasteiger charge is -2.07. The van der Waals surface area contributed by atoms with Crippen molar-refractivity contribution in [1.82, 2.24) is 0 Å². The van der Waals surface area contributed by atoms with E-state index in [2.05, 4.69) is 0 Å². The van der Waals surface area contributed by atoms with Crippen LogP contribution in [0.5, 0.6) is 0 Å². The van der Waals surface area contributed by atoms with Gasteiger partial charge < -0.3 is 10.8 Å². The monoisotopic (exact) mass is 361 g/mol. The normalized spacial score (nSPS) is 14.5. The highest BCUT2D eigenvalue weighted by atomic mass is 32.1. The van der Waals surface area contributed by atoms with Crippen molar-refractivity contribution in [3.8, 4) is 0 Å². The van der Waals surface area contributed by atoms with Crippen LogP contribution in [0.2, 0.25) is 0 Å². The van der Waals surface area contributed by atoms with Crippen molar-refractivity contribution in [1.29, 1.82) is 0 Å². The van der Waals surface area contributed by atoms with Crippen molar-refractivity contribution in [3.05, 3.63) is 42.8 Å². The fraction of sp³-hybridized carbons (Fsp3) is 0.333. The topological polar surface area (TPSA) is 80.4 Å². The Bertz CT molecular complexity index is 858. The van der Waals surface area contributed by atoms with Gasteiger partial charge in [0.25, 0.3) is 0 Å². The van der Waals surface area contributed by atoms with Crippen LogP contribution in [0.3, 0.4) is 0 Å². The first kappa shape index (κ1) is 17.1. The fourth-order valence-electron chi connectivity index (χ4n) is 3.24. The van der Waals surface area contributed by atoms with E-state index in [0.29, 0.717) is 9.75 Å². The van der Waals surface area contributed by atoms with Crippen LogP contribution < -0.4 is 5.73 Å². The van der Waals surface area contributed by atoms with Crippen LogP contribution in [0.1, 0.15) is 59.5 Å². The number of thiophene rings is 2. The predicted octanol–water partition coefficient (Wildman–Crippen LogP) is 4.36. The molecule has 2 aromatic heterocycles. The molecular formula is C18H19NO3S2. The molecule has 0 unspecified atom stereocenters. The van der Waals surface area contributed by atoms with Gasteiger partial charge in [-0.2, -0.15) is 0 Å². The Hall–Kier alpha value is -1.76. The number of hydrogen-bond donors (Lipinski definition) is 2. The third-order valence-electron chi connectivity index (χ3n) is 4.37. The number of carbonyl (C=O) groups excluding carboxylic acids is 1. The van der Waals surface area contributed by atoms with Gasteiger partial charge >= 0.3 is 5.97 Å². The first-order valence-electron chi connectivity index (χ1n) is 7.82. The highest BCUT2D eigenvalue weighted by molar-refractivity contribution is 7.14. The minimum absolute atomic E-state index is 0.0247. The largest absolute Gasteiger partial charge is 0.477 e. The Morgan fingerprint density at radius 2 is 1.54 bits per heavy atom. The Morgan fingerprint density at radius 1 is 1.04 bits per heavy atom. The Kier molecular flexibility index (Phi) is 4.71. The van der Waals surface area contributed by atoms with Crippen LogP contribution in [0.4, 0.5) is 0 Å². The molecule has 0 atom stereocenters. The van der Waals surface area contributed by atoms with Crippen LogP contribution in [-0.4, -0.2) is 23.4 Å². The maximum absolute atomic E-state index is 11.9. The minimum Gasteiger partial charge on any atom is -0.477 e. The van der Waals surface area contributed by atoms with Crippen molar-refractivity contribution in [3.63, 3.8) is 0 Å². The zero-order valence-electron chi connectivity index (χ0n) is 13.6. The Balaban J connectivity index is 2.09. The van der Waals surface area contributed by atoms with Gasteiger partial charge in [-0.05, 0) is 67.5 Å². The summed E-state index contributed by atoms with van der Waals surface area (Å²) in [6.07, 6.45) is 2.96. The summed E-state index contributed by atoms with van der Waals surface area (Å²) in [5.74, 6) is -0.911. The third-order valence-corrected chi connectivity index (χ3v) is 6.50. The van der Waals surface area contributed by atoms with E-state index < -0.39 is 5.97 Å². The van der Waals surface area contributed by atoms with Gasteiger partial charge in [-0.25, -0.2) is 4.79 Å². The van der Waals surface area contributed by atoms with Crippen LogP contribution in [0.25, 0.3) is 11.1 Å². The summed E-state index contributed by atoms with van der Waals surface area (Å²) in [7, 11) is 0. The van der Waals surface area contributed by atoms with Gasteiger partial charge in [-0.1, -0.05) is 0 Å². The summed E-state index contributed by atoms with van der Waals surface area (Å²) in [4.78, 5) is 26.4. The number of Topliss-reactive ketones (excluding diaryl/α,β-unsaturated/α-hetero) is 1. The quantitative estimate of drug-likeness (QED) is 0.775. The summed E-state index contributed by atoms with van der Waals surface area (Å²) < 4.78 is 0. The summed E-state index contributed by atoms with van der Waals surface area (Å²) in [6, 6.07) is 3.74. The molecule has 2 aromatic rings. The van der Waals surface area contributed by atoms with Gasteiger partial charge in [0.1, 0.15) is 4.88 Å². The van der Waals surface area contributed by atoms with E-state index in [-0.39, 0.29) is 12.3 Å². The summed E-state index contributed by atoms with van der Waals surface area (Å²) in [6.45, 7) is 4.02.